The molecule has 1 aromatic carbocycles. The SMILES string of the molecule is C[C@@H](C(=O)c1c[nH]c2ccccc12)N1CCC[C@H](C(N)=O)C1. The highest BCUT2D eigenvalue weighted by Crippen LogP contribution is 2.23. The third-order valence-electron chi connectivity index (χ3n) is 4.64. The first-order valence-corrected chi connectivity index (χ1v) is 7.71. The molecule has 2 atom stereocenters. The van der Waals surface area contributed by atoms with Crippen LogP contribution in [0.5, 0.6) is 0 Å². The lowest BCUT2D eigenvalue weighted by Crippen LogP contribution is -2.47. The Labute approximate surface area is 129 Å². The second-order valence-corrected chi connectivity index (χ2v) is 6.02. The fourth-order valence-electron chi connectivity index (χ4n) is 3.26. The fraction of sp³-hybridized carbons (Fsp3) is 0.412. The van der Waals surface area contributed by atoms with Gasteiger partial charge in [-0.05, 0) is 32.4 Å². The van der Waals surface area contributed by atoms with Crippen molar-refractivity contribution in [2.75, 3.05) is 13.1 Å². The van der Waals surface area contributed by atoms with Crippen molar-refractivity contribution in [3.63, 3.8) is 0 Å². The Hall–Kier alpha value is -2.14. The minimum absolute atomic E-state index is 0.0857. The molecule has 0 saturated carbocycles. The number of Topliss-reactive ketones (excluding diaryl/α,β-unsaturated/α-hetero) is 1. The van der Waals surface area contributed by atoms with Crippen LogP contribution in [0.4, 0.5) is 0 Å². The van der Waals surface area contributed by atoms with Crippen molar-refractivity contribution < 1.29 is 9.59 Å². The molecular formula is C17H21N3O2. The lowest BCUT2D eigenvalue weighted by atomic mass is 9.94. The smallest absolute Gasteiger partial charge is 0.221 e. The molecule has 1 aliphatic heterocycles. The van der Waals surface area contributed by atoms with E-state index in [0.29, 0.717) is 12.1 Å². The van der Waals surface area contributed by atoms with Crippen LogP contribution in [0, 0.1) is 5.92 Å². The summed E-state index contributed by atoms with van der Waals surface area (Å²) in [5.41, 5.74) is 7.10. The number of likely N-dealkylation sites (tertiary alicyclic amines) is 1. The predicted molar refractivity (Wildman–Crippen MR) is 85.6 cm³/mol. The molecule has 5 nitrogen and oxygen atoms in total. The van der Waals surface area contributed by atoms with E-state index in [1.165, 1.54) is 0 Å². The van der Waals surface area contributed by atoms with Gasteiger partial charge in [-0.25, -0.2) is 0 Å². The zero-order valence-corrected chi connectivity index (χ0v) is 12.7. The van der Waals surface area contributed by atoms with Gasteiger partial charge in [-0.15, -0.1) is 0 Å². The molecule has 1 aromatic heterocycles. The number of hydrogen-bond donors (Lipinski definition) is 2. The maximum atomic E-state index is 12.8. The molecule has 3 N–H and O–H groups in total. The number of carbonyl (C=O) groups excluding carboxylic acids is 2. The van der Waals surface area contributed by atoms with Gasteiger partial charge in [-0.3, -0.25) is 14.5 Å². The summed E-state index contributed by atoms with van der Waals surface area (Å²) in [4.78, 5) is 29.4. The summed E-state index contributed by atoms with van der Waals surface area (Å²) >= 11 is 0. The van der Waals surface area contributed by atoms with Gasteiger partial charge in [0.05, 0.1) is 12.0 Å². The van der Waals surface area contributed by atoms with Crippen molar-refractivity contribution in [2.45, 2.75) is 25.8 Å². The van der Waals surface area contributed by atoms with Crippen LogP contribution in [0.25, 0.3) is 10.9 Å². The van der Waals surface area contributed by atoms with Crippen LogP contribution in [-0.2, 0) is 4.79 Å². The number of primary amides is 1. The average Bonchev–Trinajstić information content (AvgIpc) is 2.97. The Morgan fingerprint density at radius 2 is 2.14 bits per heavy atom. The normalized spacial score (nSPS) is 20.9. The van der Waals surface area contributed by atoms with Crippen LogP contribution in [0.15, 0.2) is 30.5 Å². The first kappa shape index (κ1) is 14.8. The number of hydrogen-bond acceptors (Lipinski definition) is 3. The number of aromatic nitrogens is 1. The number of benzene rings is 1. The number of nitrogens with one attached hydrogen (secondary N) is 1. The van der Waals surface area contributed by atoms with E-state index >= 15 is 0 Å². The van der Waals surface area contributed by atoms with Gasteiger partial charge in [0.25, 0.3) is 0 Å². The number of nitrogens with two attached hydrogens (primary N) is 1. The molecule has 0 aliphatic carbocycles. The second-order valence-electron chi connectivity index (χ2n) is 6.02. The summed E-state index contributed by atoms with van der Waals surface area (Å²) < 4.78 is 0. The van der Waals surface area contributed by atoms with E-state index in [1.54, 1.807) is 6.20 Å². The number of nitrogens with zero attached hydrogens (tertiary/aromatic N) is 1. The second kappa shape index (κ2) is 5.93. The van der Waals surface area contributed by atoms with Crippen LogP contribution >= 0.6 is 0 Å². The molecule has 2 aromatic rings. The van der Waals surface area contributed by atoms with Gasteiger partial charge in [-0.1, -0.05) is 18.2 Å². The topological polar surface area (TPSA) is 79.2 Å². The van der Waals surface area contributed by atoms with Gasteiger partial charge >= 0.3 is 0 Å². The summed E-state index contributed by atoms with van der Waals surface area (Å²) in [5, 5.41) is 0.947. The van der Waals surface area contributed by atoms with Crippen LogP contribution in [0.2, 0.25) is 0 Å². The van der Waals surface area contributed by atoms with Crippen molar-refractivity contribution in [2.24, 2.45) is 11.7 Å². The number of carbonyl (C=O) groups is 2. The van der Waals surface area contributed by atoms with E-state index in [2.05, 4.69) is 9.88 Å². The third kappa shape index (κ3) is 2.64. The molecule has 5 heteroatoms. The molecule has 0 unspecified atom stereocenters. The molecule has 1 fully saturated rings. The van der Waals surface area contributed by atoms with Gasteiger partial charge in [0.2, 0.25) is 5.91 Å². The number of aromatic amines is 1. The quantitative estimate of drug-likeness (QED) is 0.847. The molecule has 0 spiro atoms. The Morgan fingerprint density at radius 1 is 1.36 bits per heavy atom. The van der Waals surface area contributed by atoms with Crippen molar-refractivity contribution >= 4 is 22.6 Å². The highest BCUT2D eigenvalue weighted by atomic mass is 16.1. The van der Waals surface area contributed by atoms with Crippen LogP contribution in [0.3, 0.4) is 0 Å². The Balaban J connectivity index is 1.81. The van der Waals surface area contributed by atoms with Gasteiger partial charge in [0, 0.05) is 29.2 Å². The molecule has 0 bridgehead atoms. The zero-order chi connectivity index (χ0) is 15.7. The lowest BCUT2D eigenvalue weighted by molar-refractivity contribution is -0.123. The molecular weight excluding hydrogens is 278 g/mol. The largest absolute Gasteiger partial charge is 0.369 e. The van der Waals surface area contributed by atoms with Gasteiger partial charge in [0.15, 0.2) is 5.78 Å². The summed E-state index contributed by atoms with van der Waals surface area (Å²) in [6.07, 6.45) is 3.50. The van der Waals surface area contributed by atoms with E-state index in [1.807, 2.05) is 31.2 Å². The van der Waals surface area contributed by atoms with E-state index < -0.39 is 0 Å². The van der Waals surface area contributed by atoms with E-state index in [0.717, 1.165) is 30.3 Å². The monoisotopic (exact) mass is 299 g/mol. The fourth-order valence-corrected chi connectivity index (χ4v) is 3.26. The molecule has 1 amide bonds. The molecule has 1 aliphatic rings. The van der Waals surface area contributed by atoms with E-state index in [9.17, 15) is 9.59 Å². The molecule has 116 valence electrons. The number of H-pyrrole nitrogens is 1. The molecule has 0 radical (unpaired) electrons. The molecule has 2 heterocycles. The zero-order valence-electron chi connectivity index (χ0n) is 12.7. The minimum Gasteiger partial charge on any atom is -0.369 e. The maximum absolute atomic E-state index is 12.8. The number of para-hydroxylation sites is 1. The van der Waals surface area contributed by atoms with E-state index in [-0.39, 0.29) is 23.7 Å². The maximum Gasteiger partial charge on any atom is 0.221 e. The van der Waals surface area contributed by atoms with Crippen LogP contribution < -0.4 is 5.73 Å². The Kier molecular flexibility index (Phi) is 3.98. The minimum atomic E-state index is -0.267. The number of amides is 1. The predicted octanol–water partition coefficient (Wildman–Crippen LogP) is 1.94. The number of piperidine rings is 1. The molecule has 3 rings (SSSR count). The number of rotatable bonds is 4. The summed E-state index contributed by atoms with van der Waals surface area (Å²) in [7, 11) is 0. The van der Waals surface area contributed by atoms with E-state index in [4.69, 9.17) is 5.73 Å². The van der Waals surface area contributed by atoms with Gasteiger partial charge < -0.3 is 10.7 Å². The summed E-state index contributed by atoms with van der Waals surface area (Å²) in [6.45, 7) is 3.32. The summed E-state index contributed by atoms with van der Waals surface area (Å²) in [5.74, 6) is -0.328. The van der Waals surface area contributed by atoms with Gasteiger partial charge in [-0.2, -0.15) is 0 Å². The Bertz CT molecular complexity index is 707. The Morgan fingerprint density at radius 3 is 2.91 bits per heavy atom. The summed E-state index contributed by atoms with van der Waals surface area (Å²) in [6, 6.07) is 7.54. The van der Waals surface area contributed by atoms with Crippen LogP contribution in [0.1, 0.15) is 30.1 Å². The van der Waals surface area contributed by atoms with Crippen molar-refractivity contribution in [3.8, 4) is 0 Å². The molecule has 1 saturated heterocycles. The van der Waals surface area contributed by atoms with Gasteiger partial charge in [0.1, 0.15) is 0 Å². The number of fused-ring (bicyclic) bond motifs is 1. The standard InChI is InChI=1S/C17H21N3O2/c1-11(20-8-4-5-12(10-20)17(18)22)16(21)14-9-19-15-7-3-2-6-13(14)15/h2-3,6-7,9,11-12,19H,4-5,8,10H2,1H3,(H2,18,22)/t11-,12-/m0/s1. The highest BCUT2D eigenvalue weighted by molar-refractivity contribution is 6.10. The van der Waals surface area contributed by atoms with Crippen molar-refractivity contribution in [1.82, 2.24) is 9.88 Å². The third-order valence-corrected chi connectivity index (χ3v) is 4.64. The first-order valence-electron chi connectivity index (χ1n) is 7.71. The van der Waals surface area contributed by atoms with Crippen LogP contribution in [-0.4, -0.2) is 40.7 Å². The molecule has 22 heavy (non-hydrogen) atoms. The first-order chi connectivity index (χ1) is 10.6. The average molecular weight is 299 g/mol. The number of ketones is 1. The van der Waals surface area contributed by atoms with Crippen molar-refractivity contribution in [1.29, 1.82) is 0 Å². The lowest BCUT2D eigenvalue weighted by Gasteiger charge is -2.34. The highest BCUT2D eigenvalue weighted by Gasteiger charge is 2.30. The van der Waals surface area contributed by atoms with Crippen molar-refractivity contribution in [3.05, 3.63) is 36.0 Å².